The summed E-state index contributed by atoms with van der Waals surface area (Å²) in [5.41, 5.74) is 2.23. The Labute approximate surface area is 157 Å². The van der Waals surface area contributed by atoms with Crippen molar-refractivity contribution in [3.63, 3.8) is 0 Å². The van der Waals surface area contributed by atoms with Crippen LogP contribution in [0.3, 0.4) is 0 Å². The minimum Gasteiger partial charge on any atom is -0.467 e. The minimum absolute atomic E-state index is 0.328. The van der Waals surface area contributed by atoms with Crippen molar-refractivity contribution in [3.05, 3.63) is 84.1 Å². The highest BCUT2D eigenvalue weighted by Gasteiger charge is 2.21. The van der Waals surface area contributed by atoms with Crippen molar-refractivity contribution in [2.75, 3.05) is 7.11 Å². The maximum absolute atomic E-state index is 12.6. The van der Waals surface area contributed by atoms with Crippen molar-refractivity contribution in [1.29, 1.82) is 0 Å². The number of hydrogen-bond acceptors (Lipinski definition) is 4. The number of carbonyl (C=O) groups excluding carboxylic acids is 2. The van der Waals surface area contributed by atoms with Crippen molar-refractivity contribution in [3.8, 4) is 0 Å². The summed E-state index contributed by atoms with van der Waals surface area (Å²) in [6, 6.07) is 18.3. The first-order chi connectivity index (χ1) is 13.2. The van der Waals surface area contributed by atoms with Crippen molar-refractivity contribution in [2.24, 2.45) is 0 Å². The molecule has 0 radical (unpaired) electrons. The highest BCUT2D eigenvalue weighted by atomic mass is 16.5. The lowest BCUT2D eigenvalue weighted by Gasteiger charge is -2.15. The Morgan fingerprint density at radius 3 is 2.63 bits per heavy atom. The van der Waals surface area contributed by atoms with Crippen LogP contribution >= 0.6 is 0 Å². The number of carbonyl (C=O) groups is 2. The summed E-state index contributed by atoms with van der Waals surface area (Å²) < 4.78 is 4.82. The van der Waals surface area contributed by atoms with E-state index in [4.69, 9.17) is 4.74 Å². The van der Waals surface area contributed by atoms with Crippen LogP contribution in [0.1, 0.15) is 22.3 Å². The third-order valence-electron chi connectivity index (χ3n) is 4.13. The standard InChI is InChI=1S/C22H20N2O3/c1-27-22(26)20(13-7-10-16-8-3-2-4-9-16)24-21(25)18-14-17-11-5-6-12-19(17)23-15-18/h2-12,14-15,20H,13H2,1H3,(H,24,25)/b10-7+/t20-/m1/s1. The number of nitrogens with zero attached hydrogens (tertiary/aromatic N) is 1. The predicted octanol–water partition coefficient (Wildman–Crippen LogP) is 3.61. The van der Waals surface area contributed by atoms with Crippen LogP contribution in [0.15, 0.2) is 72.9 Å². The minimum atomic E-state index is -0.770. The third kappa shape index (κ3) is 4.79. The van der Waals surface area contributed by atoms with Gasteiger partial charge in [0, 0.05) is 11.6 Å². The molecule has 0 bridgehead atoms. The Balaban J connectivity index is 1.71. The van der Waals surface area contributed by atoms with Crippen molar-refractivity contribution in [1.82, 2.24) is 10.3 Å². The van der Waals surface area contributed by atoms with Gasteiger partial charge < -0.3 is 10.1 Å². The number of fused-ring (bicyclic) bond motifs is 1. The molecular formula is C22H20N2O3. The Morgan fingerprint density at radius 1 is 1.11 bits per heavy atom. The molecule has 0 saturated carbocycles. The number of hydrogen-bond donors (Lipinski definition) is 1. The zero-order valence-electron chi connectivity index (χ0n) is 15.0. The molecule has 1 heterocycles. The van der Waals surface area contributed by atoms with E-state index >= 15 is 0 Å². The van der Waals surface area contributed by atoms with E-state index in [1.165, 1.54) is 13.3 Å². The van der Waals surface area contributed by atoms with E-state index in [0.29, 0.717) is 12.0 Å². The molecule has 1 aromatic heterocycles. The molecule has 1 amide bonds. The van der Waals surface area contributed by atoms with Gasteiger partial charge in [0.05, 0.1) is 18.2 Å². The number of rotatable bonds is 6. The Kier molecular flexibility index (Phi) is 5.94. The van der Waals surface area contributed by atoms with Crippen molar-refractivity contribution in [2.45, 2.75) is 12.5 Å². The second-order valence-electron chi connectivity index (χ2n) is 6.01. The molecule has 2 aromatic carbocycles. The van der Waals surface area contributed by atoms with E-state index in [1.807, 2.05) is 66.7 Å². The second kappa shape index (κ2) is 8.76. The maximum Gasteiger partial charge on any atom is 0.328 e. The van der Waals surface area contributed by atoms with E-state index in [9.17, 15) is 9.59 Å². The van der Waals surface area contributed by atoms with Gasteiger partial charge in [-0.2, -0.15) is 0 Å². The molecule has 136 valence electrons. The number of aromatic nitrogens is 1. The lowest BCUT2D eigenvalue weighted by Crippen LogP contribution is -2.41. The van der Waals surface area contributed by atoms with E-state index in [0.717, 1.165) is 16.5 Å². The van der Waals surface area contributed by atoms with Crippen LogP contribution < -0.4 is 5.32 Å². The number of benzene rings is 2. The lowest BCUT2D eigenvalue weighted by atomic mass is 10.1. The molecule has 0 aliphatic carbocycles. The van der Waals surface area contributed by atoms with Crippen LogP contribution in [0.25, 0.3) is 17.0 Å². The van der Waals surface area contributed by atoms with E-state index in [-0.39, 0.29) is 5.91 Å². The summed E-state index contributed by atoms with van der Waals surface area (Å²) in [4.78, 5) is 28.9. The number of methoxy groups -OCH3 is 1. The third-order valence-corrected chi connectivity index (χ3v) is 4.13. The first kappa shape index (κ1) is 18.3. The first-order valence-corrected chi connectivity index (χ1v) is 8.62. The zero-order chi connectivity index (χ0) is 19.1. The number of para-hydroxylation sites is 1. The van der Waals surface area contributed by atoms with Gasteiger partial charge in [0.2, 0.25) is 0 Å². The van der Waals surface area contributed by atoms with Gasteiger partial charge >= 0.3 is 5.97 Å². The number of esters is 1. The highest BCUT2D eigenvalue weighted by molar-refractivity contribution is 5.99. The van der Waals surface area contributed by atoms with Crippen LogP contribution in [-0.2, 0) is 9.53 Å². The summed E-state index contributed by atoms with van der Waals surface area (Å²) in [6.45, 7) is 0. The lowest BCUT2D eigenvalue weighted by molar-refractivity contribution is -0.142. The first-order valence-electron chi connectivity index (χ1n) is 8.62. The van der Waals surface area contributed by atoms with Gasteiger partial charge in [-0.05, 0) is 24.1 Å². The molecule has 0 saturated heterocycles. The number of pyridine rings is 1. The number of nitrogens with one attached hydrogen (secondary N) is 1. The van der Waals surface area contributed by atoms with Gasteiger partial charge in [0.25, 0.3) is 5.91 Å². The fourth-order valence-electron chi connectivity index (χ4n) is 2.70. The van der Waals surface area contributed by atoms with Crippen molar-refractivity contribution < 1.29 is 14.3 Å². The summed E-state index contributed by atoms with van der Waals surface area (Å²) in [5.74, 6) is -0.855. The fraction of sp³-hybridized carbons (Fsp3) is 0.136. The molecule has 0 aliphatic heterocycles. The number of amides is 1. The van der Waals surface area contributed by atoms with Crippen LogP contribution in [0.2, 0.25) is 0 Å². The summed E-state index contributed by atoms with van der Waals surface area (Å²) in [5, 5.41) is 3.59. The van der Waals surface area contributed by atoms with Crippen LogP contribution in [0.4, 0.5) is 0 Å². The Hall–Kier alpha value is -3.47. The summed E-state index contributed by atoms with van der Waals surface area (Å²) in [6.07, 6.45) is 5.58. The predicted molar refractivity (Wildman–Crippen MR) is 105 cm³/mol. The molecular weight excluding hydrogens is 340 g/mol. The molecule has 5 nitrogen and oxygen atoms in total. The smallest absolute Gasteiger partial charge is 0.328 e. The molecule has 3 aromatic rings. The van der Waals surface area contributed by atoms with Gasteiger partial charge in [0.15, 0.2) is 0 Å². The van der Waals surface area contributed by atoms with Gasteiger partial charge in [-0.25, -0.2) is 4.79 Å². The quantitative estimate of drug-likeness (QED) is 0.682. The molecule has 1 atom stereocenters. The van der Waals surface area contributed by atoms with E-state index < -0.39 is 12.0 Å². The summed E-state index contributed by atoms with van der Waals surface area (Å²) in [7, 11) is 1.31. The number of ether oxygens (including phenoxy) is 1. The molecule has 0 aliphatic rings. The molecule has 0 unspecified atom stereocenters. The zero-order valence-corrected chi connectivity index (χ0v) is 15.0. The SMILES string of the molecule is COC(=O)[C@@H](C/C=C/c1ccccc1)NC(=O)c1cnc2ccccc2c1. The second-order valence-corrected chi connectivity index (χ2v) is 6.01. The molecule has 1 N–H and O–H groups in total. The Morgan fingerprint density at radius 2 is 1.85 bits per heavy atom. The van der Waals surface area contributed by atoms with Gasteiger partial charge in [-0.3, -0.25) is 9.78 Å². The molecule has 3 rings (SSSR count). The van der Waals surface area contributed by atoms with E-state index in [2.05, 4.69) is 10.3 Å². The van der Waals surface area contributed by atoms with E-state index in [1.54, 1.807) is 6.07 Å². The van der Waals surface area contributed by atoms with Crippen LogP contribution in [-0.4, -0.2) is 30.0 Å². The van der Waals surface area contributed by atoms with Gasteiger partial charge in [-0.1, -0.05) is 60.7 Å². The normalized spacial score (nSPS) is 12.0. The topological polar surface area (TPSA) is 68.3 Å². The molecule has 0 spiro atoms. The largest absolute Gasteiger partial charge is 0.467 e. The monoisotopic (exact) mass is 360 g/mol. The summed E-state index contributed by atoms with van der Waals surface area (Å²) >= 11 is 0. The van der Waals surface area contributed by atoms with Crippen LogP contribution in [0, 0.1) is 0 Å². The maximum atomic E-state index is 12.6. The molecule has 5 heteroatoms. The Bertz CT molecular complexity index is 967. The molecule has 0 fully saturated rings. The van der Waals surface area contributed by atoms with Crippen molar-refractivity contribution >= 4 is 28.9 Å². The van der Waals surface area contributed by atoms with Gasteiger partial charge in [0.1, 0.15) is 6.04 Å². The van der Waals surface area contributed by atoms with Gasteiger partial charge in [-0.15, -0.1) is 0 Å². The fourth-order valence-corrected chi connectivity index (χ4v) is 2.70. The average Bonchev–Trinajstić information content (AvgIpc) is 2.72. The van der Waals surface area contributed by atoms with Crippen LogP contribution in [0.5, 0.6) is 0 Å². The average molecular weight is 360 g/mol. The molecule has 27 heavy (non-hydrogen) atoms. The highest BCUT2D eigenvalue weighted by Crippen LogP contribution is 2.13.